The lowest BCUT2D eigenvalue weighted by molar-refractivity contribution is -0.158. The van der Waals surface area contributed by atoms with Crippen molar-refractivity contribution < 1.29 is 34.1 Å². The molecule has 0 saturated carbocycles. The van der Waals surface area contributed by atoms with Gasteiger partial charge in [-0.1, -0.05) is 0 Å². The first-order valence-electron chi connectivity index (χ1n) is 4.46. The molecular formula is C9H12O7. The van der Waals surface area contributed by atoms with Crippen LogP contribution in [0.4, 0.5) is 0 Å². The lowest BCUT2D eigenvalue weighted by Gasteiger charge is -2.10. The van der Waals surface area contributed by atoms with E-state index >= 15 is 0 Å². The van der Waals surface area contributed by atoms with E-state index < -0.39 is 49.1 Å². The highest BCUT2D eigenvalue weighted by Crippen LogP contribution is 2.14. The Hall–Kier alpha value is -1.92. The van der Waals surface area contributed by atoms with Crippen LogP contribution in [0.5, 0.6) is 0 Å². The molecular weight excluding hydrogens is 220 g/mol. The fraction of sp³-hybridized carbons (Fsp3) is 0.556. The molecule has 0 aromatic carbocycles. The van der Waals surface area contributed by atoms with Crippen LogP contribution in [0.3, 0.4) is 0 Å². The van der Waals surface area contributed by atoms with E-state index in [9.17, 15) is 19.2 Å². The first-order valence-corrected chi connectivity index (χ1v) is 4.46. The number of carboxylic acid groups (broad SMARTS) is 2. The van der Waals surface area contributed by atoms with Crippen LogP contribution in [0.2, 0.25) is 0 Å². The maximum Gasteiger partial charge on any atom is 0.313 e. The molecule has 7 heteroatoms. The molecule has 0 bridgehead atoms. The number of carboxylic acids is 2. The molecule has 0 unspecified atom stereocenters. The minimum absolute atomic E-state index is 0.405. The van der Waals surface area contributed by atoms with Gasteiger partial charge in [0.1, 0.15) is 0 Å². The van der Waals surface area contributed by atoms with Gasteiger partial charge < -0.3 is 14.9 Å². The molecule has 0 aliphatic rings. The van der Waals surface area contributed by atoms with Crippen LogP contribution in [0.15, 0.2) is 0 Å². The summed E-state index contributed by atoms with van der Waals surface area (Å²) in [5.74, 6) is -5.01. The third kappa shape index (κ3) is 7.48. The van der Waals surface area contributed by atoms with Crippen molar-refractivity contribution in [1.82, 2.24) is 0 Å². The summed E-state index contributed by atoms with van der Waals surface area (Å²) in [4.78, 5) is 42.2. The summed E-state index contributed by atoms with van der Waals surface area (Å²) < 4.78 is 4.18. The van der Waals surface area contributed by atoms with Gasteiger partial charge in [-0.05, 0) is 5.92 Å². The average molecular weight is 232 g/mol. The van der Waals surface area contributed by atoms with Crippen LogP contribution < -0.4 is 0 Å². The van der Waals surface area contributed by atoms with Crippen LogP contribution >= 0.6 is 0 Å². The molecule has 0 aromatic rings. The van der Waals surface area contributed by atoms with Crippen LogP contribution in [0.1, 0.15) is 26.2 Å². The molecule has 0 spiro atoms. The van der Waals surface area contributed by atoms with E-state index in [-0.39, 0.29) is 0 Å². The Morgan fingerprint density at radius 3 is 1.75 bits per heavy atom. The average Bonchev–Trinajstić information content (AvgIpc) is 1.97. The zero-order valence-electron chi connectivity index (χ0n) is 8.63. The molecule has 0 saturated heterocycles. The Kier molecular flexibility index (Phi) is 5.76. The Labute approximate surface area is 91.0 Å². The Morgan fingerprint density at radius 2 is 1.44 bits per heavy atom. The summed E-state index contributed by atoms with van der Waals surface area (Å²) in [5, 5.41) is 17.0. The first kappa shape index (κ1) is 14.1. The number of carbonyl (C=O) groups is 4. The van der Waals surface area contributed by atoms with Crippen molar-refractivity contribution in [3.8, 4) is 0 Å². The second-order valence-electron chi connectivity index (χ2n) is 3.23. The largest absolute Gasteiger partial charge is 0.481 e. The molecule has 0 atom stereocenters. The van der Waals surface area contributed by atoms with E-state index in [1.165, 1.54) is 0 Å². The predicted molar refractivity (Wildman–Crippen MR) is 49.4 cm³/mol. The summed E-state index contributed by atoms with van der Waals surface area (Å²) in [6.07, 6.45) is -1.32. The standard InChI is InChI=1S/C9H12O7/c1-5(10)16-9(15)4-6(2-7(11)12)3-8(13)14/h6H,2-4H2,1H3,(H,11,12)(H,13,14). The highest BCUT2D eigenvalue weighted by molar-refractivity contribution is 5.84. The van der Waals surface area contributed by atoms with Crippen molar-refractivity contribution in [3.05, 3.63) is 0 Å². The van der Waals surface area contributed by atoms with Gasteiger partial charge in [-0.25, -0.2) is 0 Å². The zero-order valence-corrected chi connectivity index (χ0v) is 8.63. The van der Waals surface area contributed by atoms with E-state index in [0.29, 0.717) is 0 Å². The van der Waals surface area contributed by atoms with Gasteiger partial charge in [0.2, 0.25) is 0 Å². The van der Waals surface area contributed by atoms with Crippen molar-refractivity contribution in [1.29, 1.82) is 0 Å². The smallest absolute Gasteiger partial charge is 0.313 e. The van der Waals surface area contributed by atoms with Gasteiger partial charge >= 0.3 is 23.9 Å². The highest BCUT2D eigenvalue weighted by atomic mass is 16.6. The molecule has 0 heterocycles. The van der Waals surface area contributed by atoms with Crippen LogP contribution in [-0.4, -0.2) is 34.1 Å². The normalized spacial score (nSPS) is 9.88. The lowest BCUT2D eigenvalue weighted by atomic mass is 9.98. The van der Waals surface area contributed by atoms with Crippen molar-refractivity contribution in [3.63, 3.8) is 0 Å². The van der Waals surface area contributed by atoms with Gasteiger partial charge in [0.25, 0.3) is 0 Å². The maximum absolute atomic E-state index is 11.0. The van der Waals surface area contributed by atoms with Crippen molar-refractivity contribution in [2.24, 2.45) is 5.92 Å². The molecule has 0 aliphatic heterocycles. The molecule has 0 radical (unpaired) electrons. The van der Waals surface area contributed by atoms with E-state index in [0.717, 1.165) is 6.92 Å². The number of rotatable bonds is 6. The number of hydrogen-bond acceptors (Lipinski definition) is 5. The summed E-state index contributed by atoms with van der Waals surface area (Å²) in [7, 11) is 0. The SMILES string of the molecule is CC(=O)OC(=O)CC(CC(=O)O)CC(=O)O. The van der Waals surface area contributed by atoms with Gasteiger partial charge in [0, 0.05) is 26.2 Å². The van der Waals surface area contributed by atoms with E-state index in [1.807, 2.05) is 0 Å². The Morgan fingerprint density at radius 1 is 1.00 bits per heavy atom. The molecule has 0 rings (SSSR count). The minimum atomic E-state index is -1.21. The van der Waals surface area contributed by atoms with Crippen molar-refractivity contribution >= 4 is 23.9 Å². The molecule has 2 N–H and O–H groups in total. The Balaban J connectivity index is 4.29. The van der Waals surface area contributed by atoms with Crippen molar-refractivity contribution in [2.45, 2.75) is 26.2 Å². The quantitative estimate of drug-likeness (QED) is 0.490. The second kappa shape index (κ2) is 6.54. The number of esters is 2. The van der Waals surface area contributed by atoms with Gasteiger partial charge in [0.15, 0.2) is 0 Å². The monoisotopic (exact) mass is 232 g/mol. The minimum Gasteiger partial charge on any atom is -0.481 e. The number of carbonyl (C=O) groups excluding carboxylic acids is 2. The molecule has 90 valence electrons. The number of aliphatic carboxylic acids is 2. The second-order valence-corrected chi connectivity index (χ2v) is 3.23. The molecule has 0 aromatic heterocycles. The third-order valence-corrected chi connectivity index (χ3v) is 1.64. The lowest BCUT2D eigenvalue weighted by Crippen LogP contribution is -2.19. The summed E-state index contributed by atoms with van der Waals surface area (Å²) in [5.41, 5.74) is 0. The van der Waals surface area contributed by atoms with Crippen LogP contribution in [-0.2, 0) is 23.9 Å². The van der Waals surface area contributed by atoms with Crippen LogP contribution in [0.25, 0.3) is 0 Å². The number of ether oxygens (including phenoxy) is 1. The summed E-state index contributed by atoms with van der Waals surface area (Å²) in [6.45, 7) is 1.03. The van der Waals surface area contributed by atoms with E-state index in [2.05, 4.69) is 4.74 Å². The topological polar surface area (TPSA) is 118 Å². The molecule has 0 aliphatic carbocycles. The highest BCUT2D eigenvalue weighted by Gasteiger charge is 2.21. The molecule has 7 nitrogen and oxygen atoms in total. The number of hydrogen-bond donors (Lipinski definition) is 2. The van der Waals surface area contributed by atoms with Gasteiger partial charge in [-0.15, -0.1) is 0 Å². The fourth-order valence-electron chi connectivity index (χ4n) is 1.15. The predicted octanol–water partition coefficient (Wildman–Crippen LogP) is 0.0318. The van der Waals surface area contributed by atoms with E-state index in [1.54, 1.807) is 0 Å². The molecule has 0 fully saturated rings. The van der Waals surface area contributed by atoms with Crippen LogP contribution in [0, 0.1) is 5.92 Å². The fourth-order valence-corrected chi connectivity index (χ4v) is 1.15. The van der Waals surface area contributed by atoms with Gasteiger partial charge in [-0.2, -0.15) is 0 Å². The van der Waals surface area contributed by atoms with E-state index in [4.69, 9.17) is 10.2 Å². The first-order chi connectivity index (χ1) is 7.31. The third-order valence-electron chi connectivity index (χ3n) is 1.64. The molecule has 16 heavy (non-hydrogen) atoms. The zero-order chi connectivity index (χ0) is 12.7. The Bertz CT molecular complexity index is 291. The maximum atomic E-state index is 11.0. The molecule has 0 amide bonds. The van der Waals surface area contributed by atoms with Gasteiger partial charge in [-0.3, -0.25) is 19.2 Å². The van der Waals surface area contributed by atoms with Gasteiger partial charge in [0.05, 0.1) is 0 Å². The summed E-state index contributed by atoms with van der Waals surface area (Å²) in [6, 6.07) is 0. The van der Waals surface area contributed by atoms with Crippen molar-refractivity contribution in [2.75, 3.05) is 0 Å². The summed E-state index contributed by atoms with van der Waals surface area (Å²) >= 11 is 0.